The number of esters is 1. The van der Waals surface area contributed by atoms with E-state index in [0.717, 1.165) is 4.68 Å². The Bertz CT molecular complexity index is 1910. The van der Waals surface area contributed by atoms with Gasteiger partial charge in [0.2, 0.25) is 0 Å². The number of nitro groups is 1. The van der Waals surface area contributed by atoms with Gasteiger partial charge in [-0.05, 0) is 66.2 Å². The zero-order valence-corrected chi connectivity index (χ0v) is 22.7. The molecule has 0 fully saturated rings. The summed E-state index contributed by atoms with van der Waals surface area (Å²) in [4.78, 5) is 41.0. The molecule has 0 unspecified atom stereocenters. The number of aromatic nitrogens is 2. The third-order valence-electron chi connectivity index (χ3n) is 5.95. The number of nitro benzene ring substituents is 1. The van der Waals surface area contributed by atoms with Crippen LogP contribution in [0.1, 0.15) is 15.9 Å². The molecule has 0 saturated carbocycles. The van der Waals surface area contributed by atoms with E-state index in [2.05, 4.69) is 10.1 Å². The predicted octanol–water partition coefficient (Wildman–Crippen LogP) is 6.39. The predicted molar refractivity (Wildman–Crippen MR) is 155 cm³/mol. The Labute approximate surface area is 242 Å². The average Bonchev–Trinajstić information content (AvgIpc) is 2.97. The van der Waals surface area contributed by atoms with Gasteiger partial charge in [-0.3, -0.25) is 14.9 Å². The van der Waals surface area contributed by atoms with Gasteiger partial charge in [0.15, 0.2) is 17.3 Å². The highest BCUT2D eigenvalue weighted by Crippen LogP contribution is 2.31. The van der Waals surface area contributed by atoms with Crippen LogP contribution in [0.15, 0.2) is 94.8 Å². The molecule has 5 rings (SSSR count). The zero-order valence-electron chi connectivity index (χ0n) is 21.2. The largest absolute Gasteiger partial charge is 0.493 e. The van der Waals surface area contributed by atoms with Crippen molar-refractivity contribution < 1.29 is 19.2 Å². The SMILES string of the molecule is COc1cc(C=Nn2c(-c3ccc(Cl)cc3Cl)nc3ccccc3c2=O)ccc1OC(=O)c1ccc([N+](=O)[O-])cc1. The molecule has 41 heavy (non-hydrogen) atoms. The molecular formula is C29H18Cl2N4O6. The molecule has 12 heteroatoms. The standard InChI is InChI=1S/C29H18Cl2N4O6/c1-40-26-14-17(6-13-25(26)41-29(37)18-7-10-20(11-8-18)35(38)39)16-32-34-27(21-12-9-19(30)15-23(21)31)33-24-5-3-2-4-22(24)28(34)36/h2-16H,1H3. The maximum absolute atomic E-state index is 13.4. The van der Waals surface area contributed by atoms with Gasteiger partial charge in [0.05, 0.1) is 39.7 Å². The summed E-state index contributed by atoms with van der Waals surface area (Å²) in [6, 6.07) is 21.4. The quantitative estimate of drug-likeness (QED) is 0.0708. The van der Waals surface area contributed by atoms with Crippen LogP contribution in [0.3, 0.4) is 0 Å². The summed E-state index contributed by atoms with van der Waals surface area (Å²) < 4.78 is 12.0. The van der Waals surface area contributed by atoms with E-state index in [1.54, 1.807) is 54.6 Å². The summed E-state index contributed by atoms with van der Waals surface area (Å²) in [6.07, 6.45) is 1.43. The van der Waals surface area contributed by atoms with Crippen LogP contribution in [0.2, 0.25) is 10.0 Å². The number of benzene rings is 4. The van der Waals surface area contributed by atoms with E-state index in [9.17, 15) is 19.7 Å². The molecule has 0 spiro atoms. The minimum Gasteiger partial charge on any atom is -0.493 e. The second-order valence-electron chi connectivity index (χ2n) is 8.54. The number of hydrogen-bond donors (Lipinski definition) is 0. The first kappa shape index (κ1) is 27.5. The van der Waals surface area contributed by atoms with E-state index < -0.39 is 16.5 Å². The van der Waals surface area contributed by atoms with Crippen LogP contribution in [0.25, 0.3) is 22.3 Å². The molecule has 0 atom stereocenters. The first-order valence-corrected chi connectivity index (χ1v) is 12.7. The van der Waals surface area contributed by atoms with Crippen LogP contribution in [-0.4, -0.2) is 33.9 Å². The number of hydrogen-bond acceptors (Lipinski definition) is 8. The number of carbonyl (C=O) groups excluding carboxylic acids is 1. The Morgan fingerprint density at radius 2 is 1.76 bits per heavy atom. The fourth-order valence-corrected chi connectivity index (χ4v) is 4.42. The lowest BCUT2D eigenvalue weighted by molar-refractivity contribution is -0.384. The topological polar surface area (TPSA) is 126 Å². The molecule has 0 N–H and O–H groups in total. The van der Waals surface area contributed by atoms with Crippen LogP contribution >= 0.6 is 23.2 Å². The Morgan fingerprint density at radius 1 is 1.00 bits per heavy atom. The van der Waals surface area contributed by atoms with E-state index in [0.29, 0.717) is 32.1 Å². The monoisotopic (exact) mass is 588 g/mol. The van der Waals surface area contributed by atoms with Crippen molar-refractivity contribution in [3.05, 3.63) is 127 Å². The van der Waals surface area contributed by atoms with Gasteiger partial charge in [-0.2, -0.15) is 9.78 Å². The van der Waals surface area contributed by atoms with Crippen molar-refractivity contribution in [2.75, 3.05) is 7.11 Å². The molecule has 0 radical (unpaired) electrons. The highest BCUT2D eigenvalue weighted by atomic mass is 35.5. The van der Waals surface area contributed by atoms with Crippen molar-refractivity contribution in [1.29, 1.82) is 0 Å². The molecule has 1 heterocycles. The Hall–Kier alpha value is -5.06. The van der Waals surface area contributed by atoms with Gasteiger partial charge in [0.1, 0.15) is 0 Å². The number of halogens is 2. The number of non-ortho nitro benzene ring substituents is 1. The summed E-state index contributed by atoms with van der Waals surface area (Å²) in [5, 5.41) is 16.4. The molecule has 0 bridgehead atoms. The van der Waals surface area contributed by atoms with E-state index in [1.165, 1.54) is 43.7 Å². The molecule has 5 aromatic rings. The van der Waals surface area contributed by atoms with Crippen LogP contribution in [0.4, 0.5) is 5.69 Å². The third-order valence-corrected chi connectivity index (χ3v) is 6.50. The van der Waals surface area contributed by atoms with Gasteiger partial charge in [-0.1, -0.05) is 35.3 Å². The fraction of sp³-hybridized carbons (Fsp3) is 0.0345. The number of nitrogens with zero attached hydrogens (tertiary/aromatic N) is 4. The van der Waals surface area contributed by atoms with Gasteiger partial charge in [0.25, 0.3) is 11.2 Å². The van der Waals surface area contributed by atoms with Crippen LogP contribution < -0.4 is 15.0 Å². The highest BCUT2D eigenvalue weighted by Gasteiger charge is 2.17. The molecular weight excluding hydrogens is 571 g/mol. The molecule has 1 aromatic heterocycles. The first-order chi connectivity index (χ1) is 19.7. The van der Waals surface area contributed by atoms with Crippen LogP contribution in [-0.2, 0) is 0 Å². The van der Waals surface area contributed by atoms with E-state index in [-0.39, 0.29) is 28.6 Å². The van der Waals surface area contributed by atoms with Gasteiger partial charge >= 0.3 is 5.97 Å². The van der Waals surface area contributed by atoms with Crippen LogP contribution in [0, 0.1) is 10.1 Å². The van der Waals surface area contributed by atoms with Crippen molar-refractivity contribution in [1.82, 2.24) is 9.66 Å². The van der Waals surface area contributed by atoms with Gasteiger partial charge in [0, 0.05) is 22.7 Å². The number of para-hydroxylation sites is 1. The summed E-state index contributed by atoms with van der Waals surface area (Å²) in [6.45, 7) is 0. The van der Waals surface area contributed by atoms with E-state index in [1.807, 2.05) is 0 Å². The average molecular weight is 589 g/mol. The summed E-state index contributed by atoms with van der Waals surface area (Å²) >= 11 is 12.5. The molecule has 0 aliphatic heterocycles. The normalized spacial score (nSPS) is 11.1. The molecule has 4 aromatic carbocycles. The van der Waals surface area contributed by atoms with Gasteiger partial charge in [-0.15, -0.1) is 0 Å². The van der Waals surface area contributed by atoms with E-state index in [4.69, 9.17) is 32.7 Å². The van der Waals surface area contributed by atoms with Crippen molar-refractivity contribution in [3.63, 3.8) is 0 Å². The maximum Gasteiger partial charge on any atom is 0.343 e. The number of carbonyl (C=O) groups is 1. The van der Waals surface area contributed by atoms with Crippen molar-refractivity contribution >= 4 is 52.0 Å². The third kappa shape index (κ3) is 5.79. The molecule has 0 aliphatic rings. The second-order valence-corrected chi connectivity index (χ2v) is 9.39. The van der Waals surface area contributed by atoms with E-state index >= 15 is 0 Å². The molecule has 0 aliphatic carbocycles. The summed E-state index contributed by atoms with van der Waals surface area (Å²) in [7, 11) is 1.40. The number of ether oxygens (including phenoxy) is 2. The lowest BCUT2D eigenvalue weighted by Crippen LogP contribution is -2.20. The van der Waals surface area contributed by atoms with Crippen molar-refractivity contribution in [3.8, 4) is 22.9 Å². The van der Waals surface area contributed by atoms with Crippen LogP contribution in [0.5, 0.6) is 11.5 Å². The fourth-order valence-electron chi connectivity index (χ4n) is 3.93. The Kier molecular flexibility index (Phi) is 7.77. The van der Waals surface area contributed by atoms with Gasteiger partial charge < -0.3 is 9.47 Å². The molecule has 10 nitrogen and oxygen atoms in total. The minimum absolute atomic E-state index is 0.117. The lowest BCUT2D eigenvalue weighted by Gasteiger charge is -2.12. The van der Waals surface area contributed by atoms with Crippen molar-refractivity contribution in [2.24, 2.45) is 5.10 Å². The number of rotatable bonds is 7. The van der Waals surface area contributed by atoms with Crippen molar-refractivity contribution in [2.45, 2.75) is 0 Å². The lowest BCUT2D eigenvalue weighted by atomic mass is 10.2. The van der Waals surface area contributed by atoms with Gasteiger partial charge in [-0.25, -0.2) is 9.78 Å². The molecule has 0 saturated heterocycles. The summed E-state index contributed by atoms with van der Waals surface area (Å²) in [5.41, 5.74) is 1.02. The molecule has 0 amide bonds. The maximum atomic E-state index is 13.4. The smallest absolute Gasteiger partial charge is 0.343 e. The minimum atomic E-state index is -0.724. The molecule has 204 valence electrons. The highest BCUT2D eigenvalue weighted by molar-refractivity contribution is 6.36. The first-order valence-electron chi connectivity index (χ1n) is 11.9. The Balaban J connectivity index is 1.49. The summed E-state index contributed by atoms with van der Waals surface area (Å²) in [5.74, 6) is -0.175. The number of methoxy groups -OCH3 is 1. The number of fused-ring (bicyclic) bond motifs is 1. The second kappa shape index (κ2) is 11.6. The zero-order chi connectivity index (χ0) is 29.1. The Morgan fingerprint density at radius 3 is 2.46 bits per heavy atom.